The maximum absolute atomic E-state index is 6.03. The van der Waals surface area contributed by atoms with Crippen molar-refractivity contribution in [2.24, 2.45) is 0 Å². The zero-order chi connectivity index (χ0) is 15.8. The van der Waals surface area contributed by atoms with Gasteiger partial charge in [0.2, 0.25) is 5.89 Å². The lowest BCUT2D eigenvalue weighted by Crippen LogP contribution is -2.35. The summed E-state index contributed by atoms with van der Waals surface area (Å²) in [5, 5.41) is 4.93. The van der Waals surface area contributed by atoms with Gasteiger partial charge in [-0.25, -0.2) is 0 Å². The Kier molecular flexibility index (Phi) is 4.00. The topological polar surface area (TPSA) is 48.2 Å². The second-order valence-electron chi connectivity index (χ2n) is 6.87. The van der Waals surface area contributed by atoms with Crippen molar-refractivity contribution < 1.29 is 9.26 Å². The number of benzene rings is 1. The van der Waals surface area contributed by atoms with Gasteiger partial charge in [0.15, 0.2) is 5.82 Å². The lowest BCUT2D eigenvalue weighted by atomic mass is 9.74. The number of hydrogen-bond donors (Lipinski definition) is 0. The van der Waals surface area contributed by atoms with Crippen LogP contribution in [0.15, 0.2) is 28.8 Å². The van der Waals surface area contributed by atoms with E-state index in [0.717, 1.165) is 29.3 Å². The maximum atomic E-state index is 6.03. The molecule has 1 aliphatic rings. The monoisotopic (exact) mass is 320 g/mol. The SMILES string of the molecule is CC(C)(C)c1noc(C2(c3ccc(Cl)cc3)CCOCC2)n1. The van der Waals surface area contributed by atoms with E-state index in [0.29, 0.717) is 19.1 Å². The van der Waals surface area contributed by atoms with Gasteiger partial charge in [0.05, 0.1) is 5.41 Å². The van der Waals surface area contributed by atoms with E-state index in [1.54, 1.807) is 0 Å². The molecule has 1 aliphatic heterocycles. The van der Waals surface area contributed by atoms with Crippen molar-refractivity contribution in [3.8, 4) is 0 Å². The highest BCUT2D eigenvalue weighted by Gasteiger charge is 2.42. The Morgan fingerprint density at radius 2 is 1.73 bits per heavy atom. The molecule has 22 heavy (non-hydrogen) atoms. The third-order valence-electron chi connectivity index (χ3n) is 4.25. The van der Waals surface area contributed by atoms with Crippen molar-refractivity contribution in [2.75, 3.05) is 13.2 Å². The first-order valence-corrected chi connectivity index (χ1v) is 7.98. The van der Waals surface area contributed by atoms with Crippen LogP contribution in [-0.2, 0) is 15.6 Å². The number of halogens is 1. The number of aromatic nitrogens is 2. The molecule has 0 N–H and O–H groups in total. The smallest absolute Gasteiger partial charge is 0.237 e. The Morgan fingerprint density at radius 1 is 1.09 bits per heavy atom. The number of ether oxygens (including phenoxy) is 1. The highest BCUT2D eigenvalue weighted by molar-refractivity contribution is 6.30. The van der Waals surface area contributed by atoms with Crippen LogP contribution in [0.4, 0.5) is 0 Å². The summed E-state index contributed by atoms with van der Waals surface area (Å²) >= 11 is 6.03. The van der Waals surface area contributed by atoms with Gasteiger partial charge in [-0.15, -0.1) is 0 Å². The van der Waals surface area contributed by atoms with Crippen molar-refractivity contribution >= 4 is 11.6 Å². The molecule has 0 amide bonds. The molecule has 1 saturated heterocycles. The quantitative estimate of drug-likeness (QED) is 0.835. The van der Waals surface area contributed by atoms with Gasteiger partial charge in [-0.1, -0.05) is 49.7 Å². The average molecular weight is 321 g/mol. The fourth-order valence-electron chi connectivity index (χ4n) is 2.84. The Bertz CT molecular complexity index is 637. The van der Waals surface area contributed by atoms with E-state index in [-0.39, 0.29) is 10.8 Å². The highest BCUT2D eigenvalue weighted by Crippen LogP contribution is 2.41. The zero-order valence-corrected chi connectivity index (χ0v) is 14.0. The summed E-state index contributed by atoms with van der Waals surface area (Å²) in [6, 6.07) is 7.92. The molecule has 1 fully saturated rings. The molecule has 118 valence electrons. The summed E-state index contributed by atoms with van der Waals surface area (Å²) in [7, 11) is 0. The first-order valence-electron chi connectivity index (χ1n) is 7.60. The molecular weight excluding hydrogens is 300 g/mol. The van der Waals surface area contributed by atoms with Crippen molar-refractivity contribution in [1.82, 2.24) is 10.1 Å². The molecule has 0 aliphatic carbocycles. The molecule has 0 radical (unpaired) electrons. The molecule has 4 nitrogen and oxygen atoms in total. The predicted molar refractivity (Wildman–Crippen MR) is 85.3 cm³/mol. The van der Waals surface area contributed by atoms with Crippen LogP contribution in [0.25, 0.3) is 0 Å². The molecule has 0 spiro atoms. The lowest BCUT2D eigenvalue weighted by Gasteiger charge is -2.34. The number of rotatable bonds is 2. The zero-order valence-electron chi connectivity index (χ0n) is 13.2. The van der Waals surface area contributed by atoms with Crippen LogP contribution < -0.4 is 0 Å². The van der Waals surface area contributed by atoms with Gasteiger partial charge in [-0.2, -0.15) is 4.98 Å². The highest BCUT2D eigenvalue weighted by atomic mass is 35.5. The number of nitrogens with zero attached hydrogens (tertiary/aromatic N) is 2. The van der Waals surface area contributed by atoms with Crippen LogP contribution >= 0.6 is 11.6 Å². The molecule has 1 aromatic carbocycles. The fraction of sp³-hybridized carbons (Fsp3) is 0.529. The molecule has 2 heterocycles. The third kappa shape index (κ3) is 2.77. The maximum Gasteiger partial charge on any atom is 0.237 e. The summed E-state index contributed by atoms with van der Waals surface area (Å²) in [4.78, 5) is 4.71. The first kappa shape index (κ1) is 15.5. The summed E-state index contributed by atoms with van der Waals surface area (Å²) in [6.45, 7) is 7.63. The molecule has 0 bridgehead atoms. The van der Waals surface area contributed by atoms with Gasteiger partial charge in [-0.05, 0) is 30.5 Å². The second-order valence-corrected chi connectivity index (χ2v) is 7.31. The molecule has 2 aromatic rings. The molecular formula is C17H21ClN2O2. The van der Waals surface area contributed by atoms with Gasteiger partial charge < -0.3 is 9.26 Å². The summed E-state index contributed by atoms with van der Waals surface area (Å²) in [5.74, 6) is 1.42. The molecule has 0 unspecified atom stereocenters. The van der Waals surface area contributed by atoms with Gasteiger partial charge in [0, 0.05) is 23.7 Å². The minimum Gasteiger partial charge on any atom is -0.381 e. The molecule has 5 heteroatoms. The van der Waals surface area contributed by atoms with Crippen LogP contribution in [0.2, 0.25) is 5.02 Å². The van der Waals surface area contributed by atoms with Crippen molar-refractivity contribution in [1.29, 1.82) is 0 Å². The Morgan fingerprint density at radius 3 is 2.27 bits per heavy atom. The Hall–Kier alpha value is -1.39. The van der Waals surface area contributed by atoms with E-state index in [4.69, 9.17) is 25.8 Å². The van der Waals surface area contributed by atoms with Gasteiger partial charge in [0.1, 0.15) is 0 Å². The Balaban J connectivity index is 2.06. The van der Waals surface area contributed by atoms with Gasteiger partial charge in [-0.3, -0.25) is 0 Å². The largest absolute Gasteiger partial charge is 0.381 e. The van der Waals surface area contributed by atoms with Crippen molar-refractivity contribution in [2.45, 2.75) is 44.4 Å². The summed E-state index contributed by atoms with van der Waals surface area (Å²) in [6.07, 6.45) is 1.67. The third-order valence-corrected chi connectivity index (χ3v) is 4.50. The van der Waals surface area contributed by atoms with E-state index >= 15 is 0 Å². The van der Waals surface area contributed by atoms with Gasteiger partial charge in [0.25, 0.3) is 0 Å². The average Bonchev–Trinajstić information content (AvgIpc) is 2.99. The van der Waals surface area contributed by atoms with Crippen LogP contribution in [-0.4, -0.2) is 23.4 Å². The second kappa shape index (κ2) is 5.67. The van der Waals surface area contributed by atoms with Crippen LogP contribution in [0.3, 0.4) is 0 Å². The molecule has 3 rings (SSSR count). The Labute approximate surface area is 135 Å². The minimum absolute atomic E-state index is 0.131. The van der Waals surface area contributed by atoms with E-state index in [1.165, 1.54) is 0 Å². The van der Waals surface area contributed by atoms with Crippen molar-refractivity contribution in [3.05, 3.63) is 46.6 Å². The van der Waals surface area contributed by atoms with Crippen molar-refractivity contribution in [3.63, 3.8) is 0 Å². The standard InChI is InChI=1S/C17H21ClN2O2/c1-16(2,3)14-19-15(22-20-14)17(8-10-21-11-9-17)12-4-6-13(18)7-5-12/h4-7H,8-11H2,1-3H3. The molecule has 0 atom stereocenters. The van der Waals surface area contributed by atoms with Crippen LogP contribution in [0.5, 0.6) is 0 Å². The first-order chi connectivity index (χ1) is 10.4. The summed E-state index contributed by atoms with van der Waals surface area (Å²) in [5.41, 5.74) is 0.747. The molecule has 0 saturated carbocycles. The minimum atomic E-state index is -0.278. The summed E-state index contributed by atoms with van der Waals surface area (Å²) < 4.78 is 11.2. The van der Waals surface area contributed by atoms with E-state index < -0.39 is 0 Å². The van der Waals surface area contributed by atoms with Crippen LogP contribution in [0, 0.1) is 0 Å². The number of hydrogen-bond acceptors (Lipinski definition) is 4. The van der Waals surface area contributed by atoms with Gasteiger partial charge >= 0.3 is 0 Å². The molecule has 1 aromatic heterocycles. The van der Waals surface area contributed by atoms with E-state index in [1.807, 2.05) is 12.1 Å². The van der Waals surface area contributed by atoms with E-state index in [2.05, 4.69) is 38.1 Å². The predicted octanol–water partition coefficient (Wildman–Crippen LogP) is 4.12. The lowest BCUT2D eigenvalue weighted by molar-refractivity contribution is 0.0523. The fourth-order valence-corrected chi connectivity index (χ4v) is 2.96. The van der Waals surface area contributed by atoms with Crippen LogP contribution in [0.1, 0.15) is 50.9 Å². The normalized spacial score (nSPS) is 18.4. The van der Waals surface area contributed by atoms with E-state index in [9.17, 15) is 0 Å².